The zero-order chi connectivity index (χ0) is 12.0. The molecule has 2 unspecified atom stereocenters. The Morgan fingerprint density at radius 1 is 1.38 bits per heavy atom. The predicted molar refractivity (Wildman–Crippen MR) is 67.4 cm³/mol. The molecule has 1 rings (SSSR count). The Morgan fingerprint density at radius 2 is 2.00 bits per heavy atom. The smallest absolute Gasteiger partial charge is 0.118 e. The van der Waals surface area contributed by atoms with Gasteiger partial charge in [-0.1, -0.05) is 0 Å². The molecule has 0 aliphatic heterocycles. The minimum absolute atomic E-state index is 0.405. The summed E-state index contributed by atoms with van der Waals surface area (Å²) in [6.07, 6.45) is 0.912. The van der Waals surface area contributed by atoms with Gasteiger partial charge in [-0.2, -0.15) is 0 Å². The van der Waals surface area contributed by atoms with Gasteiger partial charge in [0.1, 0.15) is 5.75 Å². The van der Waals surface area contributed by atoms with Crippen LogP contribution in [0.25, 0.3) is 0 Å². The molecular formula is C12H19NO2S. The fourth-order valence-electron chi connectivity index (χ4n) is 1.27. The van der Waals surface area contributed by atoms with Crippen molar-refractivity contribution in [2.45, 2.75) is 24.3 Å². The molecule has 0 aliphatic rings. The molecule has 1 aromatic carbocycles. The first-order chi connectivity index (χ1) is 7.67. The van der Waals surface area contributed by atoms with Gasteiger partial charge in [-0.15, -0.1) is 0 Å². The van der Waals surface area contributed by atoms with Crippen molar-refractivity contribution in [2.75, 3.05) is 19.9 Å². The van der Waals surface area contributed by atoms with Gasteiger partial charge in [0, 0.05) is 16.7 Å². The molecule has 0 bridgehead atoms. The van der Waals surface area contributed by atoms with Crippen molar-refractivity contribution in [3.63, 3.8) is 0 Å². The highest BCUT2D eigenvalue weighted by Gasteiger charge is 2.06. The Bertz CT molecular complexity index is 337. The van der Waals surface area contributed by atoms with Gasteiger partial charge in [0.25, 0.3) is 0 Å². The van der Waals surface area contributed by atoms with Crippen LogP contribution in [-0.4, -0.2) is 30.2 Å². The van der Waals surface area contributed by atoms with Crippen LogP contribution in [0.4, 0.5) is 0 Å². The second kappa shape index (κ2) is 6.66. The van der Waals surface area contributed by atoms with E-state index in [-0.39, 0.29) is 0 Å². The Kier molecular flexibility index (Phi) is 5.49. The normalized spacial score (nSPS) is 14.4. The zero-order valence-electron chi connectivity index (χ0n) is 10.0. The molecule has 0 radical (unpaired) electrons. The molecule has 4 heteroatoms. The third-order valence-electron chi connectivity index (χ3n) is 2.55. The zero-order valence-corrected chi connectivity index (χ0v) is 10.8. The van der Waals surface area contributed by atoms with Gasteiger partial charge in [0.15, 0.2) is 0 Å². The Hall–Kier alpha value is -0.870. The molecule has 0 saturated carbocycles. The summed E-state index contributed by atoms with van der Waals surface area (Å²) in [5.41, 5.74) is 0. The first kappa shape index (κ1) is 13.2. The van der Waals surface area contributed by atoms with Gasteiger partial charge in [0.05, 0.1) is 17.9 Å². The minimum Gasteiger partial charge on any atom is -0.497 e. The van der Waals surface area contributed by atoms with Crippen LogP contribution in [-0.2, 0) is 10.8 Å². The summed E-state index contributed by atoms with van der Waals surface area (Å²) in [6, 6.07) is 7.81. The maximum absolute atomic E-state index is 11.9. The van der Waals surface area contributed by atoms with Crippen molar-refractivity contribution in [1.29, 1.82) is 0 Å². The van der Waals surface area contributed by atoms with E-state index >= 15 is 0 Å². The summed E-state index contributed by atoms with van der Waals surface area (Å²) in [6.45, 7) is 2.09. The van der Waals surface area contributed by atoms with E-state index in [1.165, 1.54) is 0 Å². The number of nitrogens with one attached hydrogen (secondary N) is 1. The van der Waals surface area contributed by atoms with E-state index in [1.54, 1.807) is 7.11 Å². The lowest BCUT2D eigenvalue weighted by Crippen LogP contribution is -2.23. The van der Waals surface area contributed by atoms with Crippen molar-refractivity contribution in [2.24, 2.45) is 0 Å². The molecule has 1 aromatic rings. The summed E-state index contributed by atoms with van der Waals surface area (Å²) in [7, 11) is 2.63. The topological polar surface area (TPSA) is 38.3 Å². The predicted octanol–water partition coefficient (Wildman–Crippen LogP) is 1.80. The molecule has 16 heavy (non-hydrogen) atoms. The van der Waals surface area contributed by atoms with E-state index in [4.69, 9.17) is 4.74 Å². The highest BCUT2D eigenvalue weighted by atomic mass is 32.2. The Labute approximate surface area is 99.7 Å². The maximum atomic E-state index is 11.9. The fourth-order valence-corrected chi connectivity index (χ4v) is 2.52. The molecule has 3 nitrogen and oxygen atoms in total. The molecule has 0 aliphatic carbocycles. The first-order valence-electron chi connectivity index (χ1n) is 5.37. The number of rotatable bonds is 6. The molecular weight excluding hydrogens is 222 g/mol. The maximum Gasteiger partial charge on any atom is 0.118 e. The number of benzene rings is 1. The summed E-state index contributed by atoms with van der Waals surface area (Å²) in [5.74, 6) is 1.48. The van der Waals surface area contributed by atoms with Crippen LogP contribution >= 0.6 is 0 Å². The van der Waals surface area contributed by atoms with E-state index in [0.717, 1.165) is 17.1 Å². The van der Waals surface area contributed by atoms with E-state index in [0.29, 0.717) is 11.8 Å². The van der Waals surface area contributed by atoms with Crippen LogP contribution in [0.1, 0.15) is 13.3 Å². The standard InChI is InChI=1S/C12H19NO2S/c1-10(13-2)8-9-16(14)12-6-4-11(15-3)5-7-12/h4-7,10,13H,8-9H2,1-3H3. The van der Waals surface area contributed by atoms with Gasteiger partial charge in [-0.3, -0.25) is 4.21 Å². The van der Waals surface area contributed by atoms with Crippen molar-refractivity contribution in [3.8, 4) is 5.75 Å². The van der Waals surface area contributed by atoms with Gasteiger partial charge >= 0.3 is 0 Å². The minimum atomic E-state index is -0.911. The first-order valence-corrected chi connectivity index (χ1v) is 6.69. The van der Waals surface area contributed by atoms with Crippen LogP contribution in [0.15, 0.2) is 29.2 Å². The van der Waals surface area contributed by atoms with Crippen LogP contribution in [0.2, 0.25) is 0 Å². The van der Waals surface area contributed by atoms with Crippen molar-refractivity contribution < 1.29 is 8.95 Å². The van der Waals surface area contributed by atoms with Crippen molar-refractivity contribution in [1.82, 2.24) is 5.32 Å². The van der Waals surface area contributed by atoms with Gasteiger partial charge < -0.3 is 10.1 Å². The lowest BCUT2D eigenvalue weighted by atomic mass is 10.3. The third-order valence-corrected chi connectivity index (χ3v) is 3.96. The van der Waals surface area contributed by atoms with Crippen LogP contribution in [0.5, 0.6) is 5.75 Å². The van der Waals surface area contributed by atoms with Crippen LogP contribution < -0.4 is 10.1 Å². The lowest BCUT2D eigenvalue weighted by molar-refractivity contribution is 0.414. The summed E-state index contributed by atoms with van der Waals surface area (Å²) in [5, 5.41) is 3.14. The summed E-state index contributed by atoms with van der Waals surface area (Å²) in [4.78, 5) is 0.865. The fraction of sp³-hybridized carbons (Fsp3) is 0.500. The molecule has 0 aromatic heterocycles. The van der Waals surface area contributed by atoms with E-state index in [9.17, 15) is 4.21 Å². The monoisotopic (exact) mass is 241 g/mol. The number of methoxy groups -OCH3 is 1. The average Bonchev–Trinajstić information content (AvgIpc) is 2.35. The van der Waals surface area contributed by atoms with E-state index in [1.807, 2.05) is 31.3 Å². The molecule has 0 fully saturated rings. The molecule has 0 heterocycles. The van der Waals surface area contributed by atoms with Crippen LogP contribution in [0, 0.1) is 0 Å². The molecule has 0 amide bonds. The van der Waals surface area contributed by atoms with Gasteiger partial charge in [-0.25, -0.2) is 0 Å². The van der Waals surface area contributed by atoms with E-state index in [2.05, 4.69) is 12.2 Å². The van der Waals surface area contributed by atoms with E-state index < -0.39 is 10.8 Å². The number of ether oxygens (including phenoxy) is 1. The lowest BCUT2D eigenvalue weighted by Gasteiger charge is -2.09. The SMILES string of the molecule is CNC(C)CCS(=O)c1ccc(OC)cc1. The third kappa shape index (κ3) is 3.94. The highest BCUT2D eigenvalue weighted by Crippen LogP contribution is 2.14. The number of hydrogen-bond acceptors (Lipinski definition) is 3. The number of hydrogen-bond donors (Lipinski definition) is 1. The molecule has 0 saturated heterocycles. The molecule has 90 valence electrons. The average molecular weight is 241 g/mol. The molecule has 0 spiro atoms. The van der Waals surface area contributed by atoms with Crippen molar-refractivity contribution >= 4 is 10.8 Å². The van der Waals surface area contributed by atoms with Crippen LogP contribution in [0.3, 0.4) is 0 Å². The van der Waals surface area contributed by atoms with Crippen molar-refractivity contribution in [3.05, 3.63) is 24.3 Å². The second-order valence-corrected chi connectivity index (χ2v) is 5.27. The Morgan fingerprint density at radius 3 is 2.50 bits per heavy atom. The summed E-state index contributed by atoms with van der Waals surface area (Å²) < 4.78 is 17.0. The quantitative estimate of drug-likeness (QED) is 0.825. The summed E-state index contributed by atoms with van der Waals surface area (Å²) >= 11 is 0. The Balaban J connectivity index is 2.52. The molecule has 1 N–H and O–H groups in total. The van der Waals surface area contributed by atoms with Gasteiger partial charge in [0.2, 0.25) is 0 Å². The molecule has 2 atom stereocenters. The van der Waals surface area contributed by atoms with Gasteiger partial charge in [-0.05, 0) is 44.7 Å². The highest BCUT2D eigenvalue weighted by molar-refractivity contribution is 7.85. The second-order valence-electron chi connectivity index (χ2n) is 3.70. The largest absolute Gasteiger partial charge is 0.497 e.